The summed E-state index contributed by atoms with van der Waals surface area (Å²) in [7, 11) is 1.77. The number of ketones is 1. The Morgan fingerprint density at radius 2 is 1.97 bits per heavy atom. The van der Waals surface area contributed by atoms with Crippen molar-refractivity contribution >= 4 is 17.5 Å². The normalized spacial score (nSPS) is 17.0. The lowest BCUT2D eigenvalue weighted by atomic mass is 9.62. The van der Waals surface area contributed by atoms with Crippen LogP contribution in [-0.4, -0.2) is 21.1 Å². The molecule has 0 N–H and O–H groups in total. The standard InChI is InChI=1S/C26H28N2O2S/c1-4-11-18(5-2)21(29)17-31-25-27-23-20-13-8-7-12-19(20)16-26(14-9-6-10-15-26)22(23)24(30)28(25)3/h4-5,7-8,11-13H,1-2,6,9-10,14-17H2,3H3/b18-11+. The number of nitrogens with zero attached hydrogens (tertiary/aromatic N) is 2. The van der Waals surface area contributed by atoms with E-state index in [1.807, 2.05) is 6.07 Å². The van der Waals surface area contributed by atoms with Gasteiger partial charge in [-0.1, -0.05) is 86.7 Å². The monoisotopic (exact) mass is 432 g/mol. The first-order valence-corrected chi connectivity index (χ1v) is 11.8. The molecule has 0 saturated heterocycles. The fraction of sp³-hybridized carbons (Fsp3) is 0.346. The van der Waals surface area contributed by atoms with Crippen LogP contribution in [0.2, 0.25) is 0 Å². The van der Waals surface area contributed by atoms with Gasteiger partial charge in [-0.25, -0.2) is 4.98 Å². The van der Waals surface area contributed by atoms with Crippen molar-refractivity contribution in [3.05, 3.63) is 82.7 Å². The fourth-order valence-electron chi connectivity index (χ4n) is 5.01. The average molecular weight is 433 g/mol. The van der Waals surface area contributed by atoms with E-state index in [-0.39, 0.29) is 22.5 Å². The quantitative estimate of drug-likeness (QED) is 0.274. The van der Waals surface area contributed by atoms with Crippen molar-refractivity contribution in [1.29, 1.82) is 0 Å². The molecule has 1 saturated carbocycles. The molecule has 1 heterocycles. The Bertz CT molecular complexity index is 1140. The van der Waals surface area contributed by atoms with Gasteiger partial charge < -0.3 is 0 Å². The van der Waals surface area contributed by atoms with Gasteiger partial charge in [0, 0.05) is 23.6 Å². The summed E-state index contributed by atoms with van der Waals surface area (Å²) in [6.07, 6.45) is 11.3. The topological polar surface area (TPSA) is 52.0 Å². The first-order chi connectivity index (χ1) is 15.0. The Hall–Kier alpha value is -2.66. The molecule has 1 fully saturated rings. The van der Waals surface area contributed by atoms with Crippen LogP contribution in [0.1, 0.15) is 43.2 Å². The van der Waals surface area contributed by atoms with E-state index in [2.05, 4.69) is 31.4 Å². The summed E-state index contributed by atoms with van der Waals surface area (Å²) in [5.41, 5.74) is 4.44. The maximum Gasteiger partial charge on any atom is 0.258 e. The van der Waals surface area contributed by atoms with Crippen LogP contribution in [0.25, 0.3) is 11.3 Å². The molecular formula is C26H28N2O2S. The number of thioether (sulfide) groups is 1. The smallest absolute Gasteiger partial charge is 0.258 e. The van der Waals surface area contributed by atoms with Crippen molar-refractivity contribution in [2.45, 2.75) is 49.1 Å². The molecule has 1 aromatic heterocycles. The van der Waals surface area contributed by atoms with Gasteiger partial charge in [0.25, 0.3) is 5.56 Å². The number of allylic oxidation sites excluding steroid dienone is 4. The molecule has 4 nitrogen and oxygen atoms in total. The SMILES string of the molecule is C=C/C=C(\C=C)C(=O)CSc1nc2c(c(=O)n1C)C1(CCCCC1)Cc1ccccc1-2. The molecule has 1 spiro atoms. The number of hydrogen-bond donors (Lipinski definition) is 0. The summed E-state index contributed by atoms with van der Waals surface area (Å²) in [5.74, 6) is 0.133. The number of carbonyl (C=O) groups is 1. The zero-order chi connectivity index (χ0) is 22.0. The van der Waals surface area contributed by atoms with E-state index in [0.29, 0.717) is 10.7 Å². The maximum atomic E-state index is 13.6. The van der Waals surface area contributed by atoms with E-state index in [4.69, 9.17) is 4.98 Å². The molecule has 1 aromatic carbocycles. The van der Waals surface area contributed by atoms with Crippen LogP contribution < -0.4 is 5.56 Å². The van der Waals surface area contributed by atoms with Gasteiger partial charge in [0.15, 0.2) is 10.9 Å². The molecule has 0 amide bonds. The average Bonchev–Trinajstić information content (AvgIpc) is 2.78. The van der Waals surface area contributed by atoms with Crippen molar-refractivity contribution in [1.82, 2.24) is 9.55 Å². The van der Waals surface area contributed by atoms with E-state index in [9.17, 15) is 9.59 Å². The van der Waals surface area contributed by atoms with Crippen molar-refractivity contribution in [3.8, 4) is 11.3 Å². The fourth-order valence-corrected chi connectivity index (χ4v) is 5.87. The van der Waals surface area contributed by atoms with Crippen LogP contribution in [-0.2, 0) is 23.7 Å². The molecule has 0 aliphatic heterocycles. The molecule has 2 aliphatic rings. The molecule has 4 rings (SSSR count). The highest BCUT2D eigenvalue weighted by molar-refractivity contribution is 7.99. The van der Waals surface area contributed by atoms with E-state index in [1.165, 1.54) is 29.8 Å². The van der Waals surface area contributed by atoms with Gasteiger partial charge in [-0.2, -0.15) is 0 Å². The minimum Gasteiger partial charge on any atom is -0.293 e. The zero-order valence-corrected chi connectivity index (χ0v) is 18.8. The largest absolute Gasteiger partial charge is 0.293 e. The molecule has 2 aromatic rings. The van der Waals surface area contributed by atoms with Crippen LogP contribution in [0.5, 0.6) is 0 Å². The molecule has 160 valence electrons. The highest BCUT2D eigenvalue weighted by atomic mass is 32.2. The summed E-state index contributed by atoms with van der Waals surface area (Å²) in [6, 6.07) is 8.31. The Labute approximate surface area is 187 Å². The summed E-state index contributed by atoms with van der Waals surface area (Å²) < 4.78 is 1.63. The Kier molecular flexibility index (Phi) is 6.15. The molecule has 0 atom stereocenters. The molecule has 0 bridgehead atoms. The summed E-state index contributed by atoms with van der Waals surface area (Å²) in [6.45, 7) is 7.35. The predicted molar refractivity (Wildman–Crippen MR) is 128 cm³/mol. The maximum absolute atomic E-state index is 13.6. The predicted octanol–water partition coefficient (Wildman–Crippen LogP) is 5.16. The van der Waals surface area contributed by atoms with Crippen LogP contribution in [0.15, 0.2) is 71.2 Å². The van der Waals surface area contributed by atoms with Crippen molar-refractivity contribution in [2.24, 2.45) is 7.05 Å². The molecule has 0 radical (unpaired) electrons. The second kappa shape index (κ2) is 8.83. The number of aromatic nitrogens is 2. The number of Topliss-reactive ketones (excluding diaryl/α,β-unsaturated/α-hetero) is 1. The van der Waals surface area contributed by atoms with Crippen LogP contribution in [0.3, 0.4) is 0 Å². The van der Waals surface area contributed by atoms with Gasteiger partial charge in [0.1, 0.15) is 0 Å². The lowest BCUT2D eigenvalue weighted by Crippen LogP contribution is -2.42. The highest BCUT2D eigenvalue weighted by Gasteiger charge is 2.43. The minimum absolute atomic E-state index is 0.0296. The second-order valence-corrected chi connectivity index (χ2v) is 9.37. The Balaban J connectivity index is 1.79. The number of hydrogen-bond acceptors (Lipinski definition) is 4. The number of fused-ring (bicyclic) bond motifs is 4. The molecule has 0 unspecified atom stereocenters. The first kappa shape index (κ1) is 21.6. The van der Waals surface area contributed by atoms with E-state index < -0.39 is 0 Å². The lowest BCUT2D eigenvalue weighted by Gasteiger charge is -2.42. The number of carbonyl (C=O) groups excluding carboxylic acids is 1. The van der Waals surface area contributed by atoms with Gasteiger partial charge in [-0.15, -0.1) is 0 Å². The van der Waals surface area contributed by atoms with Crippen LogP contribution >= 0.6 is 11.8 Å². The second-order valence-electron chi connectivity index (χ2n) is 8.43. The third kappa shape index (κ3) is 3.87. The van der Waals surface area contributed by atoms with Gasteiger partial charge in [-0.3, -0.25) is 14.2 Å². The molecule has 5 heteroatoms. The first-order valence-electron chi connectivity index (χ1n) is 10.8. The number of benzene rings is 1. The minimum atomic E-state index is -0.120. The molecule has 31 heavy (non-hydrogen) atoms. The summed E-state index contributed by atoms with van der Waals surface area (Å²) in [4.78, 5) is 31.2. The zero-order valence-electron chi connectivity index (χ0n) is 18.0. The molecular weight excluding hydrogens is 404 g/mol. The van der Waals surface area contributed by atoms with E-state index in [1.54, 1.807) is 23.8 Å². The van der Waals surface area contributed by atoms with E-state index >= 15 is 0 Å². The van der Waals surface area contributed by atoms with Gasteiger partial charge in [0.2, 0.25) is 0 Å². The Morgan fingerprint density at radius 3 is 2.68 bits per heavy atom. The summed E-state index contributed by atoms with van der Waals surface area (Å²) in [5, 5.41) is 0.571. The van der Waals surface area contributed by atoms with Crippen molar-refractivity contribution < 1.29 is 4.79 Å². The third-order valence-corrected chi connectivity index (χ3v) is 7.59. The van der Waals surface area contributed by atoms with Gasteiger partial charge >= 0.3 is 0 Å². The third-order valence-electron chi connectivity index (χ3n) is 6.56. The Morgan fingerprint density at radius 1 is 1.23 bits per heavy atom. The summed E-state index contributed by atoms with van der Waals surface area (Å²) >= 11 is 1.30. The van der Waals surface area contributed by atoms with E-state index in [0.717, 1.165) is 48.9 Å². The van der Waals surface area contributed by atoms with Crippen molar-refractivity contribution in [2.75, 3.05) is 5.75 Å². The number of rotatable bonds is 6. The van der Waals surface area contributed by atoms with Crippen LogP contribution in [0, 0.1) is 0 Å². The highest BCUT2D eigenvalue weighted by Crippen LogP contribution is 2.48. The van der Waals surface area contributed by atoms with Gasteiger partial charge in [-0.05, 0) is 24.8 Å². The lowest BCUT2D eigenvalue weighted by molar-refractivity contribution is -0.112. The molecule has 2 aliphatic carbocycles. The van der Waals surface area contributed by atoms with Gasteiger partial charge in [0.05, 0.1) is 17.0 Å². The van der Waals surface area contributed by atoms with Crippen molar-refractivity contribution in [3.63, 3.8) is 0 Å². The van der Waals surface area contributed by atoms with Crippen LogP contribution in [0.4, 0.5) is 0 Å².